The van der Waals surface area contributed by atoms with Crippen molar-refractivity contribution in [3.05, 3.63) is 23.5 Å². The molecule has 2 rings (SSSR count). The second-order valence-electron chi connectivity index (χ2n) is 5.28. The molecule has 0 aliphatic heterocycles. The predicted octanol–water partition coefficient (Wildman–Crippen LogP) is 2.44. The summed E-state index contributed by atoms with van der Waals surface area (Å²) in [6.45, 7) is 4.38. The van der Waals surface area contributed by atoms with Gasteiger partial charge >= 0.3 is 0 Å². The van der Waals surface area contributed by atoms with Crippen molar-refractivity contribution < 1.29 is 4.79 Å². The molecule has 0 spiro atoms. The van der Waals surface area contributed by atoms with Crippen LogP contribution in [0.2, 0.25) is 0 Å². The lowest BCUT2D eigenvalue weighted by atomic mass is 9.78. The molecule has 1 fully saturated rings. The van der Waals surface area contributed by atoms with Gasteiger partial charge in [0.2, 0.25) is 0 Å². The SMILES string of the molecule is CC1CCCC(C)C1NC(=O)c1ccc(C#N)[nH]1. The van der Waals surface area contributed by atoms with Gasteiger partial charge < -0.3 is 10.3 Å². The first kappa shape index (κ1) is 12.7. The molecule has 1 heterocycles. The van der Waals surface area contributed by atoms with Crippen LogP contribution >= 0.6 is 0 Å². The number of nitrogens with zero attached hydrogens (tertiary/aromatic N) is 1. The highest BCUT2D eigenvalue weighted by Gasteiger charge is 2.29. The molecule has 0 aromatic carbocycles. The first-order chi connectivity index (χ1) is 8.61. The van der Waals surface area contributed by atoms with Crippen molar-refractivity contribution in [3.8, 4) is 6.07 Å². The predicted molar refractivity (Wildman–Crippen MR) is 68.9 cm³/mol. The van der Waals surface area contributed by atoms with Gasteiger partial charge in [-0.15, -0.1) is 0 Å². The van der Waals surface area contributed by atoms with E-state index in [1.54, 1.807) is 12.1 Å². The summed E-state index contributed by atoms with van der Waals surface area (Å²) in [5.74, 6) is 0.924. The second-order valence-corrected chi connectivity index (χ2v) is 5.28. The number of nitrogens with one attached hydrogen (secondary N) is 2. The molecule has 1 aliphatic carbocycles. The van der Waals surface area contributed by atoms with E-state index in [4.69, 9.17) is 5.26 Å². The topological polar surface area (TPSA) is 68.7 Å². The zero-order chi connectivity index (χ0) is 13.1. The average Bonchev–Trinajstić information content (AvgIpc) is 2.82. The van der Waals surface area contributed by atoms with E-state index in [-0.39, 0.29) is 11.9 Å². The van der Waals surface area contributed by atoms with E-state index in [9.17, 15) is 4.79 Å². The van der Waals surface area contributed by atoms with Crippen LogP contribution in [0.4, 0.5) is 0 Å². The summed E-state index contributed by atoms with van der Waals surface area (Å²) < 4.78 is 0. The molecule has 1 aliphatic rings. The summed E-state index contributed by atoms with van der Waals surface area (Å²) in [6, 6.07) is 5.51. The van der Waals surface area contributed by atoms with Crippen LogP contribution in [0.1, 0.15) is 49.3 Å². The van der Waals surface area contributed by atoms with Crippen molar-refractivity contribution >= 4 is 5.91 Å². The zero-order valence-electron chi connectivity index (χ0n) is 10.9. The molecular weight excluding hydrogens is 226 g/mol. The third kappa shape index (κ3) is 2.56. The molecule has 1 aromatic heterocycles. The summed E-state index contributed by atoms with van der Waals surface area (Å²) in [4.78, 5) is 14.9. The van der Waals surface area contributed by atoms with Gasteiger partial charge in [-0.1, -0.05) is 20.3 Å². The van der Waals surface area contributed by atoms with Gasteiger partial charge in [-0.2, -0.15) is 5.26 Å². The van der Waals surface area contributed by atoms with Gasteiger partial charge in [0.05, 0.1) is 0 Å². The molecule has 18 heavy (non-hydrogen) atoms. The molecule has 2 N–H and O–H groups in total. The summed E-state index contributed by atoms with van der Waals surface area (Å²) in [6.07, 6.45) is 3.59. The number of carbonyl (C=O) groups excluding carboxylic acids is 1. The van der Waals surface area contributed by atoms with Crippen LogP contribution in [0.5, 0.6) is 0 Å². The Morgan fingerprint density at radius 1 is 1.39 bits per heavy atom. The maximum Gasteiger partial charge on any atom is 0.267 e. The summed E-state index contributed by atoms with van der Waals surface area (Å²) in [5.41, 5.74) is 0.890. The number of hydrogen-bond acceptors (Lipinski definition) is 2. The van der Waals surface area contributed by atoms with Crippen LogP contribution in [0, 0.1) is 23.2 Å². The van der Waals surface area contributed by atoms with Crippen molar-refractivity contribution in [3.63, 3.8) is 0 Å². The van der Waals surface area contributed by atoms with E-state index in [0.29, 0.717) is 23.2 Å². The van der Waals surface area contributed by atoms with Crippen LogP contribution in [0.25, 0.3) is 0 Å². The van der Waals surface area contributed by atoms with E-state index in [1.165, 1.54) is 19.3 Å². The van der Waals surface area contributed by atoms with Gasteiger partial charge in [-0.25, -0.2) is 0 Å². The number of carbonyl (C=O) groups is 1. The van der Waals surface area contributed by atoms with Gasteiger partial charge in [0, 0.05) is 6.04 Å². The first-order valence-electron chi connectivity index (χ1n) is 6.51. The van der Waals surface area contributed by atoms with Gasteiger partial charge in [0.15, 0.2) is 0 Å². The number of amides is 1. The minimum Gasteiger partial charge on any atom is -0.348 e. The van der Waals surface area contributed by atoms with Crippen LogP contribution in [0.3, 0.4) is 0 Å². The molecule has 0 saturated heterocycles. The van der Waals surface area contributed by atoms with Crippen molar-refractivity contribution in [2.24, 2.45) is 11.8 Å². The smallest absolute Gasteiger partial charge is 0.267 e. The summed E-state index contributed by atoms with van der Waals surface area (Å²) >= 11 is 0. The van der Waals surface area contributed by atoms with E-state index < -0.39 is 0 Å². The van der Waals surface area contributed by atoms with Crippen LogP contribution in [-0.2, 0) is 0 Å². The van der Waals surface area contributed by atoms with Crippen LogP contribution in [0.15, 0.2) is 12.1 Å². The van der Waals surface area contributed by atoms with E-state index in [2.05, 4.69) is 24.1 Å². The monoisotopic (exact) mass is 245 g/mol. The number of hydrogen-bond donors (Lipinski definition) is 2. The normalized spacial score (nSPS) is 27.5. The Bertz CT molecular complexity index is 462. The van der Waals surface area contributed by atoms with Crippen molar-refractivity contribution in [2.45, 2.75) is 39.2 Å². The standard InChI is InChI=1S/C14H19N3O/c1-9-4-3-5-10(2)13(9)17-14(18)12-7-6-11(8-15)16-12/h6-7,9-10,13,16H,3-5H2,1-2H3,(H,17,18). The Morgan fingerprint density at radius 3 is 2.61 bits per heavy atom. The quantitative estimate of drug-likeness (QED) is 0.840. The highest BCUT2D eigenvalue weighted by atomic mass is 16.1. The number of aromatic nitrogens is 1. The lowest BCUT2D eigenvalue weighted by Gasteiger charge is -2.35. The average molecular weight is 245 g/mol. The molecule has 4 heteroatoms. The van der Waals surface area contributed by atoms with Gasteiger partial charge in [-0.05, 0) is 36.8 Å². The molecule has 1 saturated carbocycles. The minimum absolute atomic E-state index is 0.109. The van der Waals surface area contributed by atoms with Crippen LogP contribution in [-0.4, -0.2) is 16.9 Å². The fourth-order valence-electron chi connectivity index (χ4n) is 2.79. The first-order valence-corrected chi connectivity index (χ1v) is 6.51. The minimum atomic E-state index is -0.109. The number of H-pyrrole nitrogens is 1. The fraction of sp³-hybridized carbons (Fsp3) is 0.571. The van der Waals surface area contributed by atoms with Crippen LogP contribution < -0.4 is 5.32 Å². The molecule has 0 bridgehead atoms. The Balaban J connectivity index is 2.04. The molecule has 1 aromatic rings. The molecule has 2 atom stereocenters. The molecule has 4 nitrogen and oxygen atoms in total. The maximum absolute atomic E-state index is 12.1. The van der Waals surface area contributed by atoms with Crippen molar-refractivity contribution in [2.75, 3.05) is 0 Å². The van der Waals surface area contributed by atoms with Gasteiger partial charge in [0.25, 0.3) is 5.91 Å². The summed E-state index contributed by atoms with van der Waals surface area (Å²) in [7, 11) is 0. The molecule has 96 valence electrons. The number of nitriles is 1. The third-order valence-corrected chi connectivity index (χ3v) is 3.89. The molecular formula is C14H19N3O. The van der Waals surface area contributed by atoms with Gasteiger partial charge in [0.1, 0.15) is 17.5 Å². The van der Waals surface area contributed by atoms with E-state index >= 15 is 0 Å². The lowest BCUT2D eigenvalue weighted by Crippen LogP contribution is -2.45. The molecule has 1 amide bonds. The molecule has 2 unspecified atom stereocenters. The highest BCUT2D eigenvalue weighted by Crippen LogP contribution is 2.28. The largest absolute Gasteiger partial charge is 0.348 e. The highest BCUT2D eigenvalue weighted by molar-refractivity contribution is 5.92. The Labute approximate surface area is 107 Å². The fourth-order valence-corrected chi connectivity index (χ4v) is 2.79. The van der Waals surface area contributed by atoms with E-state index in [0.717, 1.165) is 0 Å². The second kappa shape index (κ2) is 5.26. The summed E-state index contributed by atoms with van der Waals surface area (Å²) in [5, 5.41) is 11.8. The van der Waals surface area contributed by atoms with Crippen molar-refractivity contribution in [1.29, 1.82) is 5.26 Å². The van der Waals surface area contributed by atoms with E-state index in [1.807, 2.05) is 6.07 Å². The maximum atomic E-state index is 12.1. The number of rotatable bonds is 2. The zero-order valence-corrected chi connectivity index (χ0v) is 10.9. The Kier molecular flexibility index (Phi) is 3.71. The lowest BCUT2D eigenvalue weighted by molar-refractivity contribution is 0.0876. The Morgan fingerprint density at radius 2 is 2.06 bits per heavy atom. The number of aromatic amines is 1. The third-order valence-electron chi connectivity index (χ3n) is 3.89. The molecule has 0 radical (unpaired) electrons. The Hall–Kier alpha value is -1.76. The van der Waals surface area contributed by atoms with Gasteiger partial charge in [-0.3, -0.25) is 4.79 Å². The van der Waals surface area contributed by atoms with Crippen molar-refractivity contribution in [1.82, 2.24) is 10.3 Å².